The molecule has 0 fully saturated rings. The molecule has 0 unspecified atom stereocenters. The van der Waals surface area contributed by atoms with Crippen molar-refractivity contribution in [2.24, 2.45) is 4.99 Å². The fourth-order valence-electron chi connectivity index (χ4n) is 4.47. The largest absolute Gasteiger partial charge is 0.493 e. The SMILES string of the molecule is COc1cc2c(cc1OC)-c1cc(=Nc3c(C)cc(C)cc3C)n(C(C)=O)c(=O)n1CC2. The molecular weight excluding hydrogens is 406 g/mol. The molecule has 1 aromatic heterocycles. The average molecular weight is 434 g/mol. The lowest BCUT2D eigenvalue weighted by Crippen LogP contribution is -2.44. The van der Waals surface area contributed by atoms with Crippen LogP contribution in [0, 0.1) is 20.8 Å². The second-order valence-corrected chi connectivity index (χ2v) is 8.15. The lowest BCUT2D eigenvalue weighted by molar-refractivity contribution is 0.0924. The summed E-state index contributed by atoms with van der Waals surface area (Å²) in [6.45, 7) is 7.84. The maximum absolute atomic E-state index is 13.4. The normalized spacial score (nSPS) is 12.9. The Morgan fingerprint density at radius 1 is 0.969 bits per heavy atom. The summed E-state index contributed by atoms with van der Waals surface area (Å²) in [7, 11) is 3.18. The molecule has 3 aromatic rings. The quantitative estimate of drug-likeness (QED) is 0.631. The first-order valence-corrected chi connectivity index (χ1v) is 10.5. The number of fused-ring (bicyclic) bond motifs is 3. The number of carbonyl (C=O) groups is 1. The van der Waals surface area contributed by atoms with Crippen LogP contribution in [0.25, 0.3) is 11.3 Å². The summed E-state index contributed by atoms with van der Waals surface area (Å²) in [4.78, 5) is 30.6. The van der Waals surface area contributed by atoms with Gasteiger partial charge in [-0.15, -0.1) is 0 Å². The molecule has 0 N–H and O–H groups in total. The lowest BCUT2D eigenvalue weighted by atomic mass is 9.97. The zero-order valence-electron chi connectivity index (χ0n) is 19.3. The second-order valence-electron chi connectivity index (χ2n) is 8.15. The molecule has 2 heterocycles. The number of ether oxygens (including phenoxy) is 2. The first kappa shape index (κ1) is 21.6. The van der Waals surface area contributed by atoms with Gasteiger partial charge >= 0.3 is 5.69 Å². The van der Waals surface area contributed by atoms with Gasteiger partial charge in [0, 0.05) is 25.1 Å². The maximum atomic E-state index is 13.4. The predicted octanol–water partition coefficient (Wildman–Crippen LogP) is 3.71. The van der Waals surface area contributed by atoms with Crippen molar-refractivity contribution >= 4 is 11.6 Å². The van der Waals surface area contributed by atoms with Gasteiger partial charge in [-0.2, -0.15) is 0 Å². The van der Waals surface area contributed by atoms with E-state index in [9.17, 15) is 9.59 Å². The van der Waals surface area contributed by atoms with Crippen molar-refractivity contribution in [3.05, 3.63) is 68.6 Å². The standard InChI is InChI=1S/C25H27N3O4/c1-14-9-15(2)24(16(3)10-14)26-23-13-20-19-12-22(32-6)21(31-5)11-18(19)7-8-27(20)25(30)28(23)17(4)29/h9-13H,7-8H2,1-6H3. The van der Waals surface area contributed by atoms with E-state index in [0.717, 1.165) is 38.1 Å². The van der Waals surface area contributed by atoms with Gasteiger partial charge in [-0.3, -0.25) is 9.36 Å². The Kier molecular flexibility index (Phi) is 5.50. The highest BCUT2D eigenvalue weighted by atomic mass is 16.5. The van der Waals surface area contributed by atoms with E-state index < -0.39 is 5.69 Å². The van der Waals surface area contributed by atoms with E-state index in [0.29, 0.717) is 35.6 Å². The number of aromatic nitrogens is 2. The highest BCUT2D eigenvalue weighted by Gasteiger charge is 2.23. The van der Waals surface area contributed by atoms with E-state index in [1.165, 1.54) is 6.92 Å². The van der Waals surface area contributed by atoms with Gasteiger partial charge < -0.3 is 9.47 Å². The smallest absolute Gasteiger partial charge is 0.337 e. The van der Waals surface area contributed by atoms with E-state index in [-0.39, 0.29) is 5.91 Å². The number of carbonyl (C=O) groups excluding carboxylic acids is 1. The van der Waals surface area contributed by atoms with Crippen LogP contribution in [0.5, 0.6) is 11.5 Å². The minimum Gasteiger partial charge on any atom is -0.493 e. The summed E-state index contributed by atoms with van der Waals surface area (Å²) in [6, 6.07) is 9.72. The molecule has 0 saturated heterocycles. The van der Waals surface area contributed by atoms with Crippen LogP contribution in [-0.4, -0.2) is 29.3 Å². The molecule has 7 heteroatoms. The number of aryl methyl sites for hydroxylation is 4. The summed E-state index contributed by atoms with van der Waals surface area (Å²) in [5.41, 5.74) is 6.42. The van der Waals surface area contributed by atoms with Gasteiger partial charge in [0.05, 0.1) is 25.6 Å². The van der Waals surface area contributed by atoms with E-state index in [4.69, 9.17) is 14.5 Å². The number of nitrogens with zero attached hydrogens (tertiary/aromatic N) is 3. The minimum absolute atomic E-state index is 0.312. The lowest BCUT2D eigenvalue weighted by Gasteiger charge is -2.24. The van der Waals surface area contributed by atoms with Crippen molar-refractivity contribution in [3.8, 4) is 22.8 Å². The zero-order valence-corrected chi connectivity index (χ0v) is 19.3. The Labute approximate surface area is 186 Å². The van der Waals surface area contributed by atoms with Gasteiger partial charge in [0.2, 0.25) is 5.91 Å². The minimum atomic E-state index is -0.392. The molecule has 4 rings (SSSR count). The van der Waals surface area contributed by atoms with Crippen LogP contribution in [0.4, 0.5) is 5.69 Å². The third kappa shape index (κ3) is 3.53. The van der Waals surface area contributed by atoms with Crippen LogP contribution < -0.4 is 20.7 Å². The molecule has 7 nitrogen and oxygen atoms in total. The fraction of sp³-hybridized carbons (Fsp3) is 0.320. The fourth-order valence-corrected chi connectivity index (χ4v) is 4.47. The Balaban J connectivity index is 2.06. The van der Waals surface area contributed by atoms with Crippen LogP contribution in [0.15, 0.2) is 40.1 Å². The Bertz CT molecular complexity index is 1360. The van der Waals surface area contributed by atoms with Gasteiger partial charge in [0.1, 0.15) is 5.49 Å². The molecule has 32 heavy (non-hydrogen) atoms. The predicted molar refractivity (Wildman–Crippen MR) is 123 cm³/mol. The van der Waals surface area contributed by atoms with E-state index in [1.54, 1.807) is 18.8 Å². The number of rotatable bonds is 3. The first-order valence-electron chi connectivity index (χ1n) is 10.5. The molecule has 0 atom stereocenters. The molecule has 1 aliphatic heterocycles. The van der Waals surface area contributed by atoms with E-state index in [1.807, 2.05) is 51.1 Å². The van der Waals surface area contributed by atoms with Crippen LogP contribution in [0.1, 0.15) is 34.0 Å². The number of hydrogen-bond acceptors (Lipinski definition) is 5. The third-order valence-electron chi connectivity index (χ3n) is 5.87. The molecule has 166 valence electrons. The molecule has 0 saturated carbocycles. The van der Waals surface area contributed by atoms with Gasteiger partial charge in [-0.1, -0.05) is 17.7 Å². The monoisotopic (exact) mass is 433 g/mol. The second kappa shape index (κ2) is 8.15. The van der Waals surface area contributed by atoms with Crippen LogP contribution in [0.2, 0.25) is 0 Å². The molecule has 0 spiro atoms. The summed E-state index contributed by atoms with van der Waals surface area (Å²) in [6.07, 6.45) is 0.646. The van der Waals surface area contributed by atoms with Crippen molar-refractivity contribution in [2.45, 2.75) is 40.7 Å². The highest BCUT2D eigenvalue weighted by molar-refractivity contribution is 5.77. The molecule has 1 aliphatic rings. The Morgan fingerprint density at radius 3 is 2.19 bits per heavy atom. The van der Waals surface area contributed by atoms with E-state index >= 15 is 0 Å². The molecular formula is C25H27N3O4. The molecule has 0 radical (unpaired) electrons. The molecule has 0 aliphatic carbocycles. The molecule has 2 aromatic carbocycles. The van der Waals surface area contributed by atoms with Crippen LogP contribution >= 0.6 is 0 Å². The van der Waals surface area contributed by atoms with Gasteiger partial charge in [0.25, 0.3) is 0 Å². The number of methoxy groups -OCH3 is 2. The summed E-state index contributed by atoms with van der Waals surface area (Å²) >= 11 is 0. The van der Waals surface area contributed by atoms with Crippen molar-refractivity contribution in [1.82, 2.24) is 9.13 Å². The third-order valence-corrected chi connectivity index (χ3v) is 5.87. The zero-order chi connectivity index (χ0) is 23.2. The first-order chi connectivity index (χ1) is 15.2. The number of hydrogen-bond donors (Lipinski definition) is 0. The summed E-state index contributed by atoms with van der Waals surface area (Å²) in [5, 5.41) is 0. The maximum Gasteiger partial charge on any atom is 0.337 e. The van der Waals surface area contributed by atoms with E-state index in [2.05, 4.69) is 0 Å². The summed E-state index contributed by atoms with van der Waals surface area (Å²) in [5.74, 6) is 0.858. The Hall–Kier alpha value is -3.61. The Morgan fingerprint density at radius 2 is 1.59 bits per heavy atom. The van der Waals surface area contributed by atoms with Crippen molar-refractivity contribution in [3.63, 3.8) is 0 Å². The molecule has 0 amide bonds. The number of benzene rings is 2. The summed E-state index contributed by atoms with van der Waals surface area (Å²) < 4.78 is 13.7. The van der Waals surface area contributed by atoms with Gasteiger partial charge in [-0.05, 0) is 56.0 Å². The van der Waals surface area contributed by atoms with Crippen molar-refractivity contribution in [1.29, 1.82) is 0 Å². The topological polar surface area (TPSA) is 74.8 Å². The molecule has 0 bridgehead atoms. The average Bonchev–Trinajstić information content (AvgIpc) is 2.74. The highest BCUT2D eigenvalue weighted by Crippen LogP contribution is 2.37. The van der Waals surface area contributed by atoms with Crippen LogP contribution in [0.3, 0.4) is 0 Å². The van der Waals surface area contributed by atoms with Crippen molar-refractivity contribution < 1.29 is 14.3 Å². The van der Waals surface area contributed by atoms with Crippen LogP contribution in [-0.2, 0) is 13.0 Å². The van der Waals surface area contributed by atoms with Gasteiger partial charge in [-0.25, -0.2) is 14.4 Å². The van der Waals surface area contributed by atoms with Gasteiger partial charge in [0.15, 0.2) is 11.5 Å². The van der Waals surface area contributed by atoms with Crippen molar-refractivity contribution in [2.75, 3.05) is 14.2 Å².